The first-order chi connectivity index (χ1) is 19.9. The predicted octanol–water partition coefficient (Wildman–Crippen LogP) is 3.12. The van der Waals surface area contributed by atoms with E-state index in [0.717, 1.165) is 12.0 Å². The summed E-state index contributed by atoms with van der Waals surface area (Å²) < 4.78 is 49.6. The number of benzene rings is 1. The van der Waals surface area contributed by atoms with Gasteiger partial charge in [-0.3, -0.25) is 19.2 Å². The number of ether oxygens (including phenoxy) is 2. The molecule has 2 N–H and O–H groups in total. The second kappa shape index (κ2) is 13.2. The van der Waals surface area contributed by atoms with Crippen LogP contribution in [0.3, 0.4) is 0 Å². The third-order valence-corrected chi connectivity index (χ3v) is 7.29. The molecule has 226 valence electrons. The fraction of sp³-hybridized carbons (Fsp3) is 0.483. The molecule has 0 spiro atoms. The molecule has 13 heteroatoms. The number of likely N-dealkylation sites (tertiary alicyclic amines) is 1. The van der Waals surface area contributed by atoms with Crippen LogP contribution in [-0.2, 0) is 25.5 Å². The van der Waals surface area contributed by atoms with Crippen molar-refractivity contribution in [3.05, 3.63) is 59.4 Å². The zero-order valence-electron chi connectivity index (χ0n) is 23.3. The third-order valence-electron chi connectivity index (χ3n) is 7.29. The molecule has 10 nitrogen and oxygen atoms in total. The fourth-order valence-electron chi connectivity index (χ4n) is 4.98. The number of nitrogens with zero attached hydrogens (tertiary/aromatic N) is 2. The summed E-state index contributed by atoms with van der Waals surface area (Å²) in [4.78, 5) is 54.4. The first-order valence-corrected chi connectivity index (χ1v) is 13.8. The molecule has 0 radical (unpaired) electrons. The molecular weight excluding hydrogens is 557 g/mol. The van der Waals surface area contributed by atoms with Crippen LogP contribution in [0, 0.1) is 5.92 Å². The Balaban J connectivity index is 1.40. The van der Waals surface area contributed by atoms with Crippen LogP contribution < -0.4 is 15.4 Å². The van der Waals surface area contributed by atoms with E-state index in [9.17, 15) is 32.3 Å². The highest BCUT2D eigenvalue weighted by Crippen LogP contribution is 2.27. The molecule has 3 heterocycles. The van der Waals surface area contributed by atoms with Gasteiger partial charge in [-0.2, -0.15) is 13.2 Å². The normalized spacial score (nSPS) is 20.3. The third kappa shape index (κ3) is 7.77. The highest BCUT2D eigenvalue weighted by Gasteiger charge is 2.40. The van der Waals surface area contributed by atoms with Crippen LogP contribution in [0.5, 0.6) is 5.75 Å². The molecule has 2 aliphatic heterocycles. The van der Waals surface area contributed by atoms with E-state index in [4.69, 9.17) is 9.47 Å². The second-order valence-corrected chi connectivity index (χ2v) is 10.5. The van der Waals surface area contributed by atoms with Crippen LogP contribution >= 0.6 is 0 Å². The number of esters is 1. The van der Waals surface area contributed by atoms with Crippen molar-refractivity contribution in [1.29, 1.82) is 0 Å². The number of pyridine rings is 1. The van der Waals surface area contributed by atoms with Crippen molar-refractivity contribution in [2.24, 2.45) is 5.92 Å². The standard InChI is InChI=1S/C29H33F3N4O6/c1-3-18-6-8-19(9-7-18)25(17(2)34-28(40)29(30,31)32)42-22-10-11-23(33-14-22)26(38)35-21-5-4-12-36(15-21)27(39)20-13-24(37)41-16-20/h6-11,14,17,20-21,25H,3-5,12-13,15-16H2,1-2H3,(H,34,40)(H,35,38)/t17?,20-,21+,25?/m1/s1. The van der Waals surface area contributed by atoms with Gasteiger partial charge < -0.3 is 25.0 Å². The molecule has 42 heavy (non-hydrogen) atoms. The van der Waals surface area contributed by atoms with Gasteiger partial charge in [-0.25, -0.2) is 4.98 Å². The van der Waals surface area contributed by atoms with E-state index in [1.54, 1.807) is 17.0 Å². The zero-order chi connectivity index (χ0) is 30.4. The van der Waals surface area contributed by atoms with Crippen LogP contribution in [-0.4, -0.2) is 71.5 Å². The van der Waals surface area contributed by atoms with E-state index in [0.29, 0.717) is 31.5 Å². The zero-order valence-corrected chi connectivity index (χ0v) is 23.3. The van der Waals surface area contributed by atoms with Crippen molar-refractivity contribution in [2.45, 2.75) is 63.9 Å². The summed E-state index contributed by atoms with van der Waals surface area (Å²) in [6, 6.07) is 8.65. The summed E-state index contributed by atoms with van der Waals surface area (Å²) in [7, 11) is 0. The van der Waals surface area contributed by atoms with Gasteiger partial charge in [-0.1, -0.05) is 31.2 Å². The topological polar surface area (TPSA) is 127 Å². The lowest BCUT2D eigenvalue weighted by Gasteiger charge is -2.34. The minimum absolute atomic E-state index is 0.0586. The number of alkyl halides is 3. The van der Waals surface area contributed by atoms with Crippen LogP contribution in [0.15, 0.2) is 42.6 Å². The molecule has 4 rings (SSSR count). The van der Waals surface area contributed by atoms with Gasteiger partial charge in [0.25, 0.3) is 5.91 Å². The predicted molar refractivity (Wildman–Crippen MR) is 143 cm³/mol. The molecule has 2 aromatic rings. The van der Waals surface area contributed by atoms with E-state index in [1.807, 2.05) is 24.4 Å². The lowest BCUT2D eigenvalue weighted by Crippen LogP contribution is -2.51. The molecular formula is C29H33F3N4O6. The Morgan fingerprint density at radius 2 is 1.90 bits per heavy atom. The number of amides is 3. The van der Waals surface area contributed by atoms with Gasteiger partial charge in [0.15, 0.2) is 0 Å². The second-order valence-electron chi connectivity index (χ2n) is 10.5. The van der Waals surface area contributed by atoms with E-state index in [2.05, 4.69) is 10.3 Å². The molecule has 2 aliphatic rings. The summed E-state index contributed by atoms with van der Waals surface area (Å²) in [5, 5.41) is 4.83. The maximum absolute atomic E-state index is 12.9. The highest BCUT2D eigenvalue weighted by molar-refractivity contribution is 5.92. The smallest absolute Gasteiger partial charge is 0.471 e. The van der Waals surface area contributed by atoms with Crippen molar-refractivity contribution in [1.82, 2.24) is 20.5 Å². The molecule has 4 atom stereocenters. The van der Waals surface area contributed by atoms with E-state index < -0.39 is 42.0 Å². The maximum atomic E-state index is 12.9. The monoisotopic (exact) mass is 590 g/mol. The number of piperidine rings is 1. The Kier molecular flexibility index (Phi) is 9.69. The molecule has 1 aromatic heterocycles. The number of nitrogens with one attached hydrogen (secondary N) is 2. The van der Waals surface area contributed by atoms with E-state index >= 15 is 0 Å². The number of cyclic esters (lactones) is 1. The number of aryl methyl sites for hydroxylation is 1. The van der Waals surface area contributed by atoms with Crippen molar-refractivity contribution in [3.63, 3.8) is 0 Å². The van der Waals surface area contributed by atoms with Gasteiger partial charge in [0.05, 0.1) is 24.6 Å². The van der Waals surface area contributed by atoms with Gasteiger partial charge in [0.2, 0.25) is 5.91 Å². The molecule has 0 bridgehead atoms. The van der Waals surface area contributed by atoms with Crippen LogP contribution in [0.2, 0.25) is 0 Å². The highest BCUT2D eigenvalue weighted by atomic mass is 19.4. The van der Waals surface area contributed by atoms with Crippen LogP contribution in [0.4, 0.5) is 13.2 Å². The number of hydrogen-bond acceptors (Lipinski definition) is 7. The van der Waals surface area contributed by atoms with E-state index in [-0.39, 0.29) is 36.4 Å². The maximum Gasteiger partial charge on any atom is 0.471 e. The number of aromatic nitrogens is 1. The summed E-state index contributed by atoms with van der Waals surface area (Å²) >= 11 is 0. The SMILES string of the molecule is CCc1ccc(C(Oc2ccc(C(=O)N[C@H]3CCCN(C(=O)[C@H]4COC(=O)C4)C3)nc2)C(C)NC(=O)C(F)(F)F)cc1. The minimum atomic E-state index is -5.05. The van der Waals surface area contributed by atoms with Crippen molar-refractivity contribution in [2.75, 3.05) is 19.7 Å². The molecule has 2 fully saturated rings. The number of carbonyl (C=O) groups is 4. The van der Waals surface area contributed by atoms with Crippen molar-refractivity contribution in [3.8, 4) is 5.75 Å². The fourth-order valence-corrected chi connectivity index (χ4v) is 4.98. The molecule has 1 aromatic carbocycles. The Bertz CT molecular complexity index is 1290. The Hall–Kier alpha value is -4.16. The molecule has 3 amide bonds. The van der Waals surface area contributed by atoms with Gasteiger partial charge in [0.1, 0.15) is 24.2 Å². The lowest BCUT2D eigenvalue weighted by atomic mass is 10.0. The van der Waals surface area contributed by atoms with E-state index in [1.165, 1.54) is 25.3 Å². The lowest BCUT2D eigenvalue weighted by molar-refractivity contribution is -0.174. The largest absolute Gasteiger partial charge is 0.482 e. The van der Waals surface area contributed by atoms with Crippen molar-refractivity contribution >= 4 is 23.7 Å². The quantitative estimate of drug-likeness (QED) is 0.430. The Morgan fingerprint density at radius 1 is 1.17 bits per heavy atom. The average molecular weight is 591 g/mol. The number of halogens is 3. The minimum Gasteiger partial charge on any atom is -0.482 e. The van der Waals surface area contributed by atoms with Gasteiger partial charge >= 0.3 is 18.1 Å². The number of carbonyl (C=O) groups excluding carboxylic acids is 4. The molecule has 0 aliphatic carbocycles. The van der Waals surface area contributed by atoms with Gasteiger partial charge in [-0.05, 0) is 49.4 Å². The Labute approximate surface area is 240 Å². The molecule has 2 saturated heterocycles. The summed E-state index contributed by atoms with van der Waals surface area (Å²) in [6.45, 7) is 4.29. The first kappa shape index (κ1) is 30.8. The molecule has 0 saturated carbocycles. The van der Waals surface area contributed by atoms with Gasteiger partial charge in [-0.15, -0.1) is 0 Å². The van der Waals surface area contributed by atoms with Crippen LogP contribution in [0.1, 0.15) is 60.8 Å². The van der Waals surface area contributed by atoms with Crippen molar-refractivity contribution < 1.29 is 41.8 Å². The average Bonchev–Trinajstić information content (AvgIpc) is 3.41. The number of hydrogen-bond donors (Lipinski definition) is 2. The Morgan fingerprint density at radius 3 is 2.50 bits per heavy atom. The number of rotatable bonds is 9. The van der Waals surface area contributed by atoms with Crippen LogP contribution in [0.25, 0.3) is 0 Å². The summed E-state index contributed by atoms with van der Waals surface area (Å²) in [6.07, 6.45) is -2.56. The first-order valence-electron chi connectivity index (χ1n) is 13.8. The van der Waals surface area contributed by atoms with Gasteiger partial charge in [0, 0.05) is 19.1 Å². The summed E-state index contributed by atoms with van der Waals surface area (Å²) in [5.41, 5.74) is 1.66. The summed E-state index contributed by atoms with van der Waals surface area (Å²) in [5.74, 6) is -3.41. The molecule has 2 unspecified atom stereocenters.